The lowest BCUT2D eigenvalue weighted by molar-refractivity contribution is -0.219. The van der Waals surface area contributed by atoms with E-state index in [1.54, 1.807) is 19.9 Å². The van der Waals surface area contributed by atoms with Crippen LogP contribution in [0.5, 0.6) is 0 Å². The largest absolute Gasteiger partial charge is 0.431 e. The number of carbonyl (C=O) groups excluding carboxylic acids is 4. The van der Waals surface area contributed by atoms with Gasteiger partial charge < -0.3 is 0 Å². The van der Waals surface area contributed by atoms with Crippen LogP contribution in [0.1, 0.15) is 74.8 Å². The number of hydrogen-bond donors (Lipinski definition) is 0. The highest BCUT2D eigenvalue weighted by atomic mass is 19.4. The number of rotatable bonds is 3. The van der Waals surface area contributed by atoms with E-state index in [0.29, 0.717) is 22.9 Å². The molecule has 1 unspecified atom stereocenters. The van der Waals surface area contributed by atoms with Gasteiger partial charge in [0.1, 0.15) is 0 Å². The van der Waals surface area contributed by atoms with Crippen LogP contribution in [-0.4, -0.2) is 41.8 Å². The van der Waals surface area contributed by atoms with Gasteiger partial charge in [-0.25, -0.2) is 9.29 Å². The summed E-state index contributed by atoms with van der Waals surface area (Å²) >= 11 is 0. The van der Waals surface area contributed by atoms with Crippen LogP contribution in [0.3, 0.4) is 0 Å². The van der Waals surface area contributed by atoms with Crippen molar-refractivity contribution in [2.24, 2.45) is 0 Å². The highest BCUT2D eigenvalue weighted by Gasteiger charge is 2.59. The van der Waals surface area contributed by atoms with Gasteiger partial charge >= 0.3 is 6.18 Å². The molecule has 4 amide bonds. The number of hydrogen-bond acceptors (Lipinski definition) is 4. The molecule has 0 fully saturated rings. The minimum absolute atomic E-state index is 0.139. The third-order valence-corrected chi connectivity index (χ3v) is 7.70. The predicted octanol–water partition coefficient (Wildman–Crippen LogP) is 5.72. The summed E-state index contributed by atoms with van der Waals surface area (Å²) in [5.41, 5.74) is -3.61. The van der Waals surface area contributed by atoms with Crippen LogP contribution < -0.4 is 4.90 Å². The van der Waals surface area contributed by atoms with Crippen molar-refractivity contribution in [1.82, 2.24) is 4.90 Å². The van der Waals surface area contributed by atoms with Crippen LogP contribution in [0, 0.1) is 27.7 Å². The third-order valence-electron chi connectivity index (χ3n) is 7.70. The van der Waals surface area contributed by atoms with E-state index < -0.39 is 46.6 Å². The predicted molar refractivity (Wildman–Crippen MR) is 134 cm³/mol. The molecule has 200 valence electrons. The van der Waals surface area contributed by atoms with Crippen LogP contribution in [-0.2, 0) is 5.67 Å². The Balaban J connectivity index is 1.66. The Labute approximate surface area is 220 Å². The summed E-state index contributed by atoms with van der Waals surface area (Å²) in [4.78, 5) is 52.9. The second-order valence-electron chi connectivity index (χ2n) is 9.90. The third kappa shape index (κ3) is 3.47. The molecule has 3 aromatic carbocycles. The van der Waals surface area contributed by atoms with E-state index in [9.17, 15) is 32.3 Å². The van der Waals surface area contributed by atoms with Crippen molar-refractivity contribution in [3.8, 4) is 0 Å². The molecule has 2 heterocycles. The standard InChI is InChI=1S/C29H22F4N2O4/c1-13-10-14(2)23(16(4)15(13)3)35-26(38)20-9-7-18(12-22(20)27(35)39)28(30,29(31,32)33)17-6-8-19-21(11-17)25(37)34(5)24(19)36/h6-12H,1-5H3. The Morgan fingerprint density at radius 3 is 1.59 bits per heavy atom. The number of fused-ring (bicyclic) bond motifs is 2. The molecular formula is C29H22F4N2O4. The number of aryl methyl sites for hydroxylation is 2. The molecule has 0 aliphatic carbocycles. The quantitative estimate of drug-likeness (QED) is 0.316. The fraction of sp³-hybridized carbons (Fsp3) is 0.241. The summed E-state index contributed by atoms with van der Waals surface area (Å²) in [7, 11) is 1.17. The zero-order valence-electron chi connectivity index (χ0n) is 21.6. The normalized spacial score (nSPS) is 16.6. The molecule has 3 aromatic rings. The van der Waals surface area contributed by atoms with Crippen LogP contribution in [0.2, 0.25) is 0 Å². The lowest BCUT2D eigenvalue weighted by Crippen LogP contribution is -2.39. The van der Waals surface area contributed by atoms with Crippen LogP contribution in [0.25, 0.3) is 0 Å². The molecule has 0 bridgehead atoms. The molecule has 0 spiro atoms. The topological polar surface area (TPSA) is 74.8 Å². The second-order valence-corrected chi connectivity index (χ2v) is 9.90. The monoisotopic (exact) mass is 538 g/mol. The molecule has 2 aliphatic rings. The van der Waals surface area contributed by atoms with Crippen LogP contribution in [0.4, 0.5) is 23.2 Å². The van der Waals surface area contributed by atoms with Crippen LogP contribution in [0.15, 0.2) is 42.5 Å². The molecule has 0 radical (unpaired) electrons. The van der Waals surface area contributed by atoms with Crippen molar-refractivity contribution < 1.29 is 36.7 Å². The highest BCUT2D eigenvalue weighted by Crippen LogP contribution is 2.49. The fourth-order valence-corrected chi connectivity index (χ4v) is 5.34. The van der Waals surface area contributed by atoms with Gasteiger partial charge in [-0.3, -0.25) is 24.1 Å². The molecule has 1 atom stereocenters. The number of imide groups is 2. The van der Waals surface area contributed by atoms with Crippen LogP contribution >= 0.6 is 0 Å². The van der Waals surface area contributed by atoms with Gasteiger partial charge in [0, 0.05) is 18.2 Å². The molecule has 0 N–H and O–H groups in total. The number of halogens is 4. The van der Waals surface area contributed by atoms with Crippen molar-refractivity contribution in [3.05, 3.63) is 98.1 Å². The molecule has 0 saturated heterocycles. The maximum atomic E-state index is 16.3. The average Bonchev–Trinajstić information content (AvgIpc) is 3.25. The van der Waals surface area contributed by atoms with Gasteiger partial charge in [0.25, 0.3) is 29.3 Å². The van der Waals surface area contributed by atoms with E-state index in [0.717, 1.165) is 51.3 Å². The molecular weight excluding hydrogens is 516 g/mol. The summed E-state index contributed by atoms with van der Waals surface area (Å²) < 4.78 is 59.6. The zero-order chi connectivity index (χ0) is 28.8. The molecule has 5 rings (SSSR count). The Bertz CT molecular complexity index is 1660. The van der Waals surface area contributed by atoms with E-state index in [4.69, 9.17) is 0 Å². The van der Waals surface area contributed by atoms with Crippen molar-refractivity contribution >= 4 is 29.3 Å². The lowest BCUT2D eigenvalue weighted by atomic mass is 9.84. The van der Waals surface area contributed by atoms with Gasteiger partial charge in [0.15, 0.2) is 0 Å². The number of anilines is 1. The number of carbonyl (C=O) groups is 4. The maximum absolute atomic E-state index is 16.3. The number of benzene rings is 3. The maximum Gasteiger partial charge on any atom is 0.431 e. The van der Waals surface area contributed by atoms with Gasteiger partial charge in [-0.1, -0.05) is 18.2 Å². The van der Waals surface area contributed by atoms with E-state index in [2.05, 4.69) is 0 Å². The van der Waals surface area contributed by atoms with Crippen molar-refractivity contribution in [2.75, 3.05) is 11.9 Å². The van der Waals surface area contributed by atoms with Gasteiger partial charge in [-0.15, -0.1) is 0 Å². The summed E-state index contributed by atoms with van der Waals surface area (Å²) in [6, 6.07) is 6.84. The first-order chi connectivity index (χ1) is 18.1. The molecule has 6 nitrogen and oxygen atoms in total. The fourth-order valence-electron chi connectivity index (χ4n) is 5.34. The average molecular weight is 538 g/mol. The van der Waals surface area contributed by atoms with E-state index in [1.807, 2.05) is 13.8 Å². The SMILES string of the molecule is Cc1cc(C)c(N2C(=O)c3ccc(C(F)(c4ccc5c(c4)C(=O)N(C)C5=O)C(F)(F)F)cc3C2=O)c(C)c1C. The first-order valence-corrected chi connectivity index (χ1v) is 11.9. The smallest absolute Gasteiger partial charge is 0.277 e. The van der Waals surface area contributed by atoms with Crippen molar-refractivity contribution in [3.63, 3.8) is 0 Å². The Morgan fingerprint density at radius 1 is 0.590 bits per heavy atom. The molecule has 0 saturated carbocycles. The van der Waals surface area contributed by atoms with Crippen molar-refractivity contribution in [2.45, 2.75) is 39.5 Å². The first-order valence-electron chi connectivity index (χ1n) is 11.9. The zero-order valence-corrected chi connectivity index (χ0v) is 21.6. The Hall–Kier alpha value is -4.34. The summed E-state index contributed by atoms with van der Waals surface area (Å²) in [5, 5.41) is 0. The van der Waals surface area contributed by atoms with Gasteiger partial charge in [0.2, 0.25) is 0 Å². The Kier molecular flexibility index (Phi) is 5.61. The van der Waals surface area contributed by atoms with Gasteiger partial charge in [-0.05, 0) is 74.2 Å². The molecule has 10 heteroatoms. The molecule has 0 aromatic heterocycles. The second kappa shape index (κ2) is 8.33. The van der Waals surface area contributed by atoms with Gasteiger partial charge in [0.05, 0.1) is 27.9 Å². The molecule has 2 aliphatic heterocycles. The van der Waals surface area contributed by atoms with E-state index >= 15 is 4.39 Å². The first kappa shape index (κ1) is 26.3. The number of nitrogens with zero attached hydrogens (tertiary/aromatic N) is 2. The minimum atomic E-state index is -5.51. The number of alkyl halides is 4. The Morgan fingerprint density at radius 2 is 1.05 bits per heavy atom. The summed E-state index contributed by atoms with van der Waals surface area (Å²) in [5.74, 6) is -3.16. The van der Waals surface area contributed by atoms with E-state index in [1.165, 1.54) is 7.05 Å². The van der Waals surface area contributed by atoms with Crippen molar-refractivity contribution in [1.29, 1.82) is 0 Å². The van der Waals surface area contributed by atoms with Gasteiger partial charge in [-0.2, -0.15) is 13.2 Å². The minimum Gasteiger partial charge on any atom is -0.277 e. The summed E-state index contributed by atoms with van der Waals surface area (Å²) in [6.45, 7) is 7.17. The van der Waals surface area contributed by atoms with E-state index in [-0.39, 0.29) is 22.3 Å². The summed E-state index contributed by atoms with van der Waals surface area (Å²) in [6.07, 6.45) is -5.51. The number of amides is 4. The molecule has 39 heavy (non-hydrogen) atoms. The highest BCUT2D eigenvalue weighted by molar-refractivity contribution is 6.35. The lowest BCUT2D eigenvalue weighted by Gasteiger charge is -2.29.